The van der Waals surface area contributed by atoms with E-state index >= 15 is 0 Å². The maximum Gasteiger partial charge on any atom is 0.309 e. The number of esters is 1. The van der Waals surface area contributed by atoms with E-state index in [9.17, 15) is 25.2 Å². The van der Waals surface area contributed by atoms with Gasteiger partial charge in [0.05, 0.1) is 30.8 Å². The highest BCUT2D eigenvalue weighted by Gasteiger charge is 2.21. The van der Waals surface area contributed by atoms with Gasteiger partial charge in [-0.05, 0) is 51.5 Å². The molecule has 0 amide bonds. The van der Waals surface area contributed by atoms with E-state index in [1.165, 1.54) is 0 Å². The molecule has 39 heavy (non-hydrogen) atoms. The predicted octanol–water partition coefficient (Wildman–Crippen LogP) is 5.58. The summed E-state index contributed by atoms with van der Waals surface area (Å²) in [5, 5.41) is 41.2. The zero-order valence-corrected chi connectivity index (χ0v) is 23.6. The van der Waals surface area contributed by atoms with E-state index in [2.05, 4.69) is 13.2 Å². The Hall–Kier alpha value is -2.77. The van der Waals surface area contributed by atoms with Gasteiger partial charge in [0.1, 0.15) is 6.10 Å². The lowest BCUT2D eigenvalue weighted by atomic mass is 10.0. The largest absolute Gasteiger partial charge is 0.457 e. The van der Waals surface area contributed by atoms with Crippen molar-refractivity contribution in [3.8, 4) is 0 Å². The van der Waals surface area contributed by atoms with Crippen LogP contribution in [0.15, 0.2) is 97.2 Å². The van der Waals surface area contributed by atoms with Crippen LogP contribution in [0.2, 0.25) is 0 Å². The minimum Gasteiger partial charge on any atom is -0.457 e. The number of hydrogen-bond donors (Lipinski definition) is 4. The van der Waals surface area contributed by atoms with Gasteiger partial charge in [0.15, 0.2) is 0 Å². The Kier molecular flexibility index (Phi) is 17.7. The van der Waals surface area contributed by atoms with Gasteiger partial charge in [0.2, 0.25) is 0 Å². The third-order valence-electron chi connectivity index (χ3n) is 6.19. The number of aliphatic hydroxyl groups excluding tert-OH is 4. The van der Waals surface area contributed by atoms with E-state index in [-0.39, 0.29) is 18.8 Å². The second-order valence-electron chi connectivity index (χ2n) is 10.2. The van der Waals surface area contributed by atoms with E-state index in [1.807, 2.05) is 62.5 Å². The SMILES string of the molecule is C=CC\C=C/C=C(C)\C=C\C1OC(=O)CC(O)CC(O)/C=C/CC(=C)CC(O)CC/C=C/CC(O)/C=C/C1C. The van der Waals surface area contributed by atoms with E-state index in [0.29, 0.717) is 32.1 Å². The molecule has 0 saturated carbocycles. The molecule has 6 unspecified atom stereocenters. The number of allylic oxidation sites excluding steroid dienone is 8. The zero-order chi connectivity index (χ0) is 29.0. The summed E-state index contributed by atoms with van der Waals surface area (Å²) in [5.41, 5.74) is 1.81. The fourth-order valence-electron chi connectivity index (χ4n) is 3.90. The van der Waals surface area contributed by atoms with Crippen molar-refractivity contribution in [1.82, 2.24) is 0 Å². The van der Waals surface area contributed by atoms with Gasteiger partial charge in [0.25, 0.3) is 0 Å². The number of ether oxygens (including phenoxy) is 1. The van der Waals surface area contributed by atoms with Crippen LogP contribution in [0, 0.1) is 5.92 Å². The van der Waals surface area contributed by atoms with Gasteiger partial charge in [0, 0.05) is 12.3 Å². The number of cyclic esters (lactones) is 1. The Labute approximate surface area is 234 Å². The lowest BCUT2D eigenvalue weighted by Crippen LogP contribution is -2.26. The molecule has 0 saturated heterocycles. The third kappa shape index (κ3) is 17.4. The highest BCUT2D eigenvalue weighted by atomic mass is 16.5. The summed E-state index contributed by atoms with van der Waals surface area (Å²) in [6, 6.07) is 0. The average molecular weight is 541 g/mol. The Balaban J connectivity index is 3.05. The van der Waals surface area contributed by atoms with Gasteiger partial charge >= 0.3 is 5.97 Å². The average Bonchev–Trinajstić information content (AvgIpc) is 2.86. The minimum atomic E-state index is -1.07. The van der Waals surface area contributed by atoms with Crippen molar-refractivity contribution < 1.29 is 30.0 Å². The van der Waals surface area contributed by atoms with Gasteiger partial charge in [-0.1, -0.05) is 91.5 Å². The topological polar surface area (TPSA) is 107 Å². The molecule has 0 fully saturated rings. The molecular weight excluding hydrogens is 492 g/mol. The fraction of sp³-hybridized carbons (Fsp3) is 0.485. The second kappa shape index (κ2) is 20.2. The van der Waals surface area contributed by atoms with Crippen molar-refractivity contribution in [2.75, 3.05) is 0 Å². The number of rotatable bonds is 5. The van der Waals surface area contributed by atoms with Crippen molar-refractivity contribution in [3.63, 3.8) is 0 Å². The van der Waals surface area contributed by atoms with Crippen LogP contribution in [0.4, 0.5) is 0 Å². The molecule has 0 aromatic rings. The Morgan fingerprint density at radius 1 is 1.05 bits per heavy atom. The lowest BCUT2D eigenvalue weighted by Gasteiger charge is -2.21. The Bertz CT molecular complexity index is 922. The van der Waals surface area contributed by atoms with Gasteiger partial charge in [-0.25, -0.2) is 0 Å². The summed E-state index contributed by atoms with van der Waals surface area (Å²) in [7, 11) is 0. The molecule has 0 bridgehead atoms. The monoisotopic (exact) mass is 540 g/mol. The summed E-state index contributed by atoms with van der Waals surface area (Å²) in [4.78, 5) is 12.7. The molecule has 0 aromatic heterocycles. The van der Waals surface area contributed by atoms with Crippen LogP contribution in [0.5, 0.6) is 0 Å². The molecule has 1 heterocycles. The lowest BCUT2D eigenvalue weighted by molar-refractivity contribution is -0.150. The fourth-order valence-corrected chi connectivity index (χ4v) is 3.90. The van der Waals surface area contributed by atoms with E-state index < -0.39 is 36.5 Å². The molecule has 0 aromatic carbocycles. The summed E-state index contributed by atoms with van der Waals surface area (Å²) in [6.07, 6.45) is 21.4. The molecule has 0 spiro atoms. The predicted molar refractivity (Wildman–Crippen MR) is 159 cm³/mol. The molecule has 6 atom stereocenters. The minimum absolute atomic E-state index is 0.00587. The molecular formula is C33H48O6. The van der Waals surface area contributed by atoms with Gasteiger partial charge in [-0.3, -0.25) is 4.79 Å². The molecule has 216 valence electrons. The third-order valence-corrected chi connectivity index (χ3v) is 6.19. The van der Waals surface area contributed by atoms with Crippen LogP contribution < -0.4 is 0 Å². The van der Waals surface area contributed by atoms with Gasteiger partial charge in [-0.15, -0.1) is 6.58 Å². The molecule has 1 aliphatic rings. The first-order chi connectivity index (χ1) is 18.6. The van der Waals surface area contributed by atoms with E-state index in [0.717, 1.165) is 17.6 Å². The smallest absolute Gasteiger partial charge is 0.309 e. The van der Waals surface area contributed by atoms with E-state index in [1.54, 1.807) is 24.3 Å². The molecule has 1 rings (SSSR count). The maximum absolute atomic E-state index is 12.7. The van der Waals surface area contributed by atoms with Crippen molar-refractivity contribution in [1.29, 1.82) is 0 Å². The highest BCUT2D eigenvalue weighted by molar-refractivity contribution is 5.70. The standard InChI is InChI=1S/C33H48O6/c1-5-6-7-9-13-25(2)18-21-32-27(4)19-20-28(34)15-10-8-11-16-29(35)22-26(3)14-12-17-30(36)23-31(37)24-33(38)39-32/h5,7-10,12-13,17-21,27-32,34-37H,1,3,6,11,14-16,22-24H2,2,4H3/b9-7-,10-8+,17-12+,20-19+,21-18+,25-13-. The Morgan fingerprint density at radius 3 is 2.56 bits per heavy atom. The zero-order valence-electron chi connectivity index (χ0n) is 23.6. The highest BCUT2D eigenvalue weighted by Crippen LogP contribution is 2.17. The molecule has 0 radical (unpaired) electrons. The second-order valence-corrected chi connectivity index (χ2v) is 10.2. The Morgan fingerprint density at radius 2 is 1.82 bits per heavy atom. The van der Waals surface area contributed by atoms with Crippen LogP contribution in [-0.4, -0.2) is 56.9 Å². The quantitative estimate of drug-likeness (QED) is 0.206. The van der Waals surface area contributed by atoms with Crippen molar-refractivity contribution in [2.45, 2.75) is 95.7 Å². The van der Waals surface area contributed by atoms with Crippen LogP contribution in [0.3, 0.4) is 0 Å². The normalized spacial score (nSPS) is 32.2. The number of aliphatic hydroxyl groups is 4. The molecule has 4 N–H and O–H groups in total. The molecule has 6 nitrogen and oxygen atoms in total. The van der Waals surface area contributed by atoms with Crippen molar-refractivity contribution >= 4 is 5.97 Å². The maximum atomic E-state index is 12.7. The molecule has 6 heteroatoms. The first kappa shape index (κ1) is 34.3. The van der Waals surface area contributed by atoms with E-state index in [4.69, 9.17) is 4.74 Å². The van der Waals surface area contributed by atoms with Gasteiger partial charge in [-0.2, -0.15) is 0 Å². The van der Waals surface area contributed by atoms with Crippen LogP contribution in [0.25, 0.3) is 0 Å². The molecule has 1 aliphatic heterocycles. The summed E-state index contributed by atoms with van der Waals surface area (Å²) in [5.74, 6) is -0.811. The van der Waals surface area contributed by atoms with Gasteiger partial charge < -0.3 is 25.2 Å². The number of carbonyl (C=O) groups excluding carboxylic acids is 1. The summed E-state index contributed by atoms with van der Waals surface area (Å²) in [6.45, 7) is 11.5. The number of carbonyl (C=O) groups is 1. The van der Waals surface area contributed by atoms with Crippen LogP contribution >= 0.6 is 0 Å². The van der Waals surface area contributed by atoms with Crippen LogP contribution in [0.1, 0.15) is 65.2 Å². The summed E-state index contributed by atoms with van der Waals surface area (Å²) < 4.78 is 5.71. The summed E-state index contributed by atoms with van der Waals surface area (Å²) >= 11 is 0. The van der Waals surface area contributed by atoms with Crippen LogP contribution in [-0.2, 0) is 9.53 Å². The van der Waals surface area contributed by atoms with Crippen molar-refractivity contribution in [2.24, 2.45) is 5.92 Å². The number of hydrogen-bond acceptors (Lipinski definition) is 6. The first-order valence-electron chi connectivity index (χ1n) is 13.8. The molecule has 0 aliphatic carbocycles. The first-order valence-corrected chi connectivity index (χ1v) is 13.8. The van der Waals surface area contributed by atoms with Crippen molar-refractivity contribution in [3.05, 3.63) is 97.2 Å².